The molecular weight excluding hydrogens is 332 g/mol. The molecule has 1 atom stereocenters. The van der Waals surface area contributed by atoms with Crippen molar-refractivity contribution in [2.45, 2.75) is 26.4 Å². The van der Waals surface area contributed by atoms with Crippen LogP contribution in [0.3, 0.4) is 0 Å². The number of amides is 2. The summed E-state index contributed by atoms with van der Waals surface area (Å²) >= 11 is 5.92. The Morgan fingerprint density at radius 3 is 2.58 bits per heavy atom. The number of hydrogen-bond acceptors (Lipinski definition) is 4. The van der Waals surface area contributed by atoms with E-state index in [4.69, 9.17) is 16.0 Å². The average Bonchev–Trinajstić information content (AvgIpc) is 2.88. The average molecular weight is 351 g/mol. The van der Waals surface area contributed by atoms with Crippen LogP contribution in [0, 0.1) is 13.8 Å². The molecule has 24 heavy (non-hydrogen) atoms. The second-order valence-electron chi connectivity index (χ2n) is 5.36. The number of halogens is 1. The van der Waals surface area contributed by atoms with Gasteiger partial charge in [-0.2, -0.15) is 0 Å². The monoisotopic (exact) mass is 350 g/mol. The van der Waals surface area contributed by atoms with Gasteiger partial charge in [0.15, 0.2) is 0 Å². The number of benzene rings is 1. The Kier molecular flexibility index (Phi) is 6.00. The summed E-state index contributed by atoms with van der Waals surface area (Å²) < 4.78 is 5.35. The predicted molar refractivity (Wildman–Crippen MR) is 90.9 cm³/mol. The molecule has 0 aliphatic rings. The molecule has 2 aromatic rings. The van der Waals surface area contributed by atoms with E-state index in [2.05, 4.69) is 10.6 Å². The lowest BCUT2D eigenvalue weighted by Crippen LogP contribution is -2.36. The first kappa shape index (κ1) is 18.0. The maximum absolute atomic E-state index is 11.8. The fourth-order valence-corrected chi connectivity index (χ4v) is 2.46. The summed E-state index contributed by atoms with van der Waals surface area (Å²) in [6.45, 7) is 3.71. The molecule has 0 bridgehead atoms. The zero-order valence-electron chi connectivity index (χ0n) is 13.4. The molecule has 3 N–H and O–H groups in total. The number of anilines is 1. The van der Waals surface area contributed by atoms with Gasteiger partial charge in [-0.05, 0) is 38.5 Å². The molecule has 2 amide bonds. The van der Waals surface area contributed by atoms with Crippen LogP contribution in [0.1, 0.15) is 29.6 Å². The van der Waals surface area contributed by atoms with Crippen molar-refractivity contribution in [3.63, 3.8) is 0 Å². The number of aliphatic hydroxyl groups is 1. The van der Waals surface area contributed by atoms with Crippen molar-refractivity contribution in [3.8, 4) is 0 Å². The number of nitrogens with one attached hydrogen (secondary N) is 2. The fourth-order valence-electron chi connectivity index (χ4n) is 2.28. The van der Waals surface area contributed by atoms with Crippen molar-refractivity contribution < 1.29 is 19.1 Å². The number of hydrogen-bond donors (Lipinski definition) is 3. The molecule has 1 aromatic heterocycles. The molecule has 1 unspecified atom stereocenters. The lowest BCUT2D eigenvalue weighted by Gasteiger charge is -2.11. The van der Waals surface area contributed by atoms with Crippen LogP contribution in [0.25, 0.3) is 0 Å². The van der Waals surface area contributed by atoms with Crippen molar-refractivity contribution in [3.05, 3.63) is 52.4 Å². The number of rotatable bonds is 5. The Morgan fingerprint density at radius 2 is 1.96 bits per heavy atom. The molecule has 6 nitrogen and oxygen atoms in total. The van der Waals surface area contributed by atoms with Crippen molar-refractivity contribution in [2.75, 3.05) is 11.9 Å². The highest BCUT2D eigenvalue weighted by atomic mass is 35.5. The van der Waals surface area contributed by atoms with Crippen LogP contribution in [0.15, 0.2) is 34.7 Å². The minimum atomic E-state index is -0.812. The third-order valence-corrected chi connectivity index (χ3v) is 3.80. The number of para-hydroxylation sites is 1. The molecule has 1 aromatic carbocycles. The topological polar surface area (TPSA) is 91.6 Å². The summed E-state index contributed by atoms with van der Waals surface area (Å²) in [7, 11) is 0. The highest BCUT2D eigenvalue weighted by Crippen LogP contribution is 2.23. The number of aliphatic hydroxyl groups excluding tert-OH is 1. The second kappa shape index (κ2) is 7.99. The summed E-state index contributed by atoms with van der Waals surface area (Å²) in [5.41, 5.74) is 1.05. The Morgan fingerprint density at radius 1 is 1.25 bits per heavy atom. The molecule has 0 radical (unpaired) electrons. The van der Waals surface area contributed by atoms with Gasteiger partial charge < -0.3 is 20.2 Å². The van der Waals surface area contributed by atoms with Gasteiger partial charge in [-0.3, -0.25) is 9.59 Å². The third kappa shape index (κ3) is 4.59. The molecule has 0 saturated carbocycles. The van der Waals surface area contributed by atoms with Crippen molar-refractivity contribution in [1.82, 2.24) is 5.32 Å². The van der Waals surface area contributed by atoms with E-state index in [0.29, 0.717) is 27.8 Å². The number of carbonyl (C=O) groups excluding carboxylic acids is 2. The van der Waals surface area contributed by atoms with Gasteiger partial charge in [-0.15, -0.1) is 0 Å². The summed E-state index contributed by atoms with van der Waals surface area (Å²) in [4.78, 5) is 23.6. The van der Waals surface area contributed by atoms with Crippen LogP contribution >= 0.6 is 11.6 Å². The minimum Gasteiger partial charge on any atom is -0.466 e. The molecule has 1 heterocycles. The summed E-state index contributed by atoms with van der Waals surface area (Å²) in [6, 6.07) is 8.39. The summed E-state index contributed by atoms with van der Waals surface area (Å²) in [6.07, 6.45) is -0.500. The van der Waals surface area contributed by atoms with Crippen LogP contribution in [0.4, 0.5) is 5.69 Å². The van der Waals surface area contributed by atoms with Gasteiger partial charge in [0.1, 0.15) is 11.5 Å². The Labute approximate surface area is 144 Å². The number of furan rings is 1. The largest absolute Gasteiger partial charge is 0.466 e. The van der Waals surface area contributed by atoms with Crippen LogP contribution in [0.5, 0.6) is 0 Å². The van der Waals surface area contributed by atoms with Crippen molar-refractivity contribution >= 4 is 29.1 Å². The first-order valence-corrected chi connectivity index (χ1v) is 7.85. The van der Waals surface area contributed by atoms with Crippen LogP contribution in [-0.4, -0.2) is 23.5 Å². The molecule has 7 heteroatoms. The molecule has 0 aliphatic carbocycles. The molecule has 0 fully saturated rings. The zero-order valence-corrected chi connectivity index (χ0v) is 14.2. The van der Waals surface area contributed by atoms with E-state index in [0.717, 1.165) is 0 Å². The Bertz CT molecular complexity index is 742. The lowest BCUT2D eigenvalue weighted by atomic mass is 10.1. The molecule has 0 spiro atoms. The quantitative estimate of drug-likeness (QED) is 0.723. The normalized spacial score (nSPS) is 11.8. The van der Waals surface area contributed by atoms with Gasteiger partial charge in [0, 0.05) is 12.1 Å². The zero-order chi connectivity index (χ0) is 17.7. The Balaban J connectivity index is 1.81. The highest BCUT2D eigenvalue weighted by Gasteiger charge is 2.17. The fraction of sp³-hybridized carbons (Fsp3) is 0.294. The van der Waals surface area contributed by atoms with Crippen LogP contribution in [0.2, 0.25) is 5.02 Å². The van der Waals surface area contributed by atoms with E-state index in [1.54, 1.807) is 44.2 Å². The predicted octanol–water partition coefficient (Wildman–Crippen LogP) is 2.73. The molecule has 0 saturated heterocycles. The van der Waals surface area contributed by atoms with Gasteiger partial charge in [0.05, 0.1) is 16.8 Å². The first-order chi connectivity index (χ1) is 11.4. The molecule has 0 aliphatic heterocycles. The van der Waals surface area contributed by atoms with Gasteiger partial charge in [-0.1, -0.05) is 23.7 Å². The maximum atomic E-state index is 11.8. The summed E-state index contributed by atoms with van der Waals surface area (Å²) in [5.74, 6) is -0.248. The van der Waals surface area contributed by atoms with Crippen molar-refractivity contribution in [1.29, 1.82) is 0 Å². The minimum absolute atomic E-state index is 0.152. The van der Waals surface area contributed by atoms with Crippen molar-refractivity contribution in [2.24, 2.45) is 0 Å². The first-order valence-electron chi connectivity index (χ1n) is 7.47. The van der Waals surface area contributed by atoms with Gasteiger partial charge in [-0.25, -0.2) is 0 Å². The van der Waals surface area contributed by atoms with Crippen LogP contribution < -0.4 is 10.6 Å². The van der Waals surface area contributed by atoms with E-state index >= 15 is 0 Å². The molecule has 2 rings (SSSR count). The maximum Gasteiger partial charge on any atom is 0.313 e. The second-order valence-corrected chi connectivity index (χ2v) is 5.77. The highest BCUT2D eigenvalue weighted by molar-refractivity contribution is 6.41. The van der Waals surface area contributed by atoms with E-state index in [1.807, 2.05) is 0 Å². The third-order valence-electron chi connectivity index (χ3n) is 3.47. The van der Waals surface area contributed by atoms with Crippen LogP contribution in [-0.2, 0) is 9.59 Å². The molecule has 128 valence electrons. The van der Waals surface area contributed by atoms with Gasteiger partial charge >= 0.3 is 11.8 Å². The molecular formula is C17H19ClN2O4. The van der Waals surface area contributed by atoms with E-state index in [-0.39, 0.29) is 13.0 Å². The number of carbonyl (C=O) groups is 2. The van der Waals surface area contributed by atoms with Gasteiger partial charge in [0.25, 0.3) is 0 Å². The van der Waals surface area contributed by atoms with Gasteiger partial charge in [0.2, 0.25) is 0 Å². The lowest BCUT2D eigenvalue weighted by molar-refractivity contribution is -0.136. The van der Waals surface area contributed by atoms with E-state index < -0.39 is 17.9 Å². The van der Waals surface area contributed by atoms with E-state index in [9.17, 15) is 14.7 Å². The smallest absolute Gasteiger partial charge is 0.313 e. The summed E-state index contributed by atoms with van der Waals surface area (Å²) in [5, 5.41) is 15.4. The van der Waals surface area contributed by atoms with E-state index in [1.165, 1.54) is 0 Å². The SMILES string of the molecule is Cc1cc(C(O)CCNC(=O)C(=O)Nc2ccccc2Cl)c(C)o1. The standard InChI is InChI=1S/C17H19ClN2O4/c1-10-9-12(11(2)24-10)15(21)7-8-19-16(22)17(23)20-14-6-4-3-5-13(14)18/h3-6,9,15,21H,7-8H2,1-2H3,(H,19,22)(H,20,23). The Hall–Kier alpha value is -2.31. The number of aryl methyl sites for hydroxylation is 2.